The Hall–Kier alpha value is -4.44. The van der Waals surface area contributed by atoms with Crippen LogP contribution in [0.5, 0.6) is 11.5 Å². The van der Waals surface area contributed by atoms with Crippen LogP contribution in [0, 0.1) is 11.7 Å². The third-order valence-electron chi connectivity index (χ3n) is 9.37. The number of nitrogens with two attached hydrogens (primary N) is 1. The monoisotopic (exact) mass is 597 g/mol. The van der Waals surface area contributed by atoms with Crippen LogP contribution in [0.3, 0.4) is 0 Å². The first-order chi connectivity index (χ1) is 21.3. The first kappa shape index (κ1) is 28.3. The number of hydrogen-bond donors (Lipinski definition) is 1. The zero-order chi connectivity index (χ0) is 30.7. The third kappa shape index (κ3) is 4.51. The van der Waals surface area contributed by atoms with Gasteiger partial charge in [0.2, 0.25) is 11.3 Å². The van der Waals surface area contributed by atoms with E-state index in [0.717, 1.165) is 10.8 Å². The van der Waals surface area contributed by atoms with Gasteiger partial charge in [0.25, 0.3) is 5.91 Å². The largest absolute Gasteiger partial charge is 0.451 e. The number of ether oxygens (including phenoxy) is 1. The predicted octanol–water partition coefficient (Wildman–Crippen LogP) is 4.65. The van der Waals surface area contributed by atoms with Gasteiger partial charge < -0.3 is 29.7 Å². The summed E-state index contributed by atoms with van der Waals surface area (Å²) in [5, 5.41) is 1.98. The molecule has 2 N–H and O–H groups in total. The SMILES string of the molecule is CCN(CC)C(=O)C1CCCN(C(=O)c2cn3c4c(c(N5CCC(N)C5)c(F)cc4c2=O)Oc2cc4ccccc4cc2-3)C1. The van der Waals surface area contributed by atoms with Crippen molar-refractivity contribution >= 4 is 39.2 Å². The Labute approximate surface area is 254 Å². The van der Waals surface area contributed by atoms with E-state index >= 15 is 4.39 Å². The molecule has 2 saturated heterocycles. The molecule has 3 aromatic carbocycles. The Morgan fingerprint density at radius 2 is 1.80 bits per heavy atom. The standard InChI is InChI=1S/C34H36FN5O4/c1-3-37(4-2)33(42)22-10-7-12-39(17-22)34(43)25-19-40-27-14-20-8-5-6-9-21(20)15-28(27)44-32-29(40)24(31(25)41)16-26(35)30(32)38-13-11-23(36)18-38/h5-6,8-9,14-16,19,22-23H,3-4,7,10-13,17-18,36H2,1-2H3. The number of anilines is 1. The van der Waals surface area contributed by atoms with Crippen molar-refractivity contribution in [3.63, 3.8) is 0 Å². The molecular weight excluding hydrogens is 561 g/mol. The van der Waals surface area contributed by atoms with E-state index < -0.39 is 17.2 Å². The van der Waals surface area contributed by atoms with Crippen LogP contribution >= 0.6 is 0 Å². The topological polar surface area (TPSA) is 101 Å². The maximum Gasteiger partial charge on any atom is 0.259 e. The fraction of sp³-hybridized carbons (Fsp3) is 0.382. The van der Waals surface area contributed by atoms with Gasteiger partial charge in [-0.25, -0.2) is 4.39 Å². The van der Waals surface area contributed by atoms with E-state index in [0.29, 0.717) is 68.9 Å². The number of nitrogens with zero attached hydrogens (tertiary/aromatic N) is 4. The molecule has 10 heteroatoms. The molecule has 0 radical (unpaired) electrons. The normalized spacial score (nSPS) is 19.3. The number of carbonyl (C=O) groups is 2. The molecule has 0 saturated carbocycles. The number of benzene rings is 3. The van der Waals surface area contributed by atoms with Crippen molar-refractivity contribution < 1.29 is 18.7 Å². The summed E-state index contributed by atoms with van der Waals surface area (Å²) in [5.41, 5.74) is 6.90. The van der Waals surface area contributed by atoms with E-state index in [1.165, 1.54) is 6.07 Å². The van der Waals surface area contributed by atoms with E-state index in [1.54, 1.807) is 20.6 Å². The molecule has 2 amide bonds. The summed E-state index contributed by atoms with van der Waals surface area (Å²) in [6.45, 7) is 6.79. The number of aromatic nitrogens is 1. The van der Waals surface area contributed by atoms with Gasteiger partial charge in [0.05, 0.1) is 17.0 Å². The molecule has 0 spiro atoms. The Morgan fingerprint density at radius 3 is 2.50 bits per heavy atom. The molecule has 3 aliphatic heterocycles. The summed E-state index contributed by atoms with van der Waals surface area (Å²) < 4.78 is 24.3. The second-order valence-corrected chi connectivity index (χ2v) is 12.0. The van der Waals surface area contributed by atoms with Crippen molar-refractivity contribution in [3.05, 3.63) is 70.3 Å². The van der Waals surface area contributed by atoms with Gasteiger partial charge in [-0.2, -0.15) is 0 Å². The number of piperidine rings is 1. The second-order valence-electron chi connectivity index (χ2n) is 12.0. The molecule has 9 nitrogen and oxygen atoms in total. The third-order valence-corrected chi connectivity index (χ3v) is 9.37. The minimum atomic E-state index is -0.595. The Bertz CT molecular complexity index is 1880. The van der Waals surface area contributed by atoms with Gasteiger partial charge in [-0.1, -0.05) is 24.3 Å². The van der Waals surface area contributed by atoms with Crippen LogP contribution in [-0.4, -0.2) is 71.5 Å². The number of hydrogen-bond acceptors (Lipinski definition) is 6. The summed E-state index contributed by atoms with van der Waals surface area (Å²) in [7, 11) is 0. The number of pyridine rings is 1. The first-order valence-corrected chi connectivity index (χ1v) is 15.5. The highest BCUT2D eigenvalue weighted by atomic mass is 19.1. The Morgan fingerprint density at radius 1 is 1.05 bits per heavy atom. The molecule has 228 valence electrons. The molecule has 2 unspecified atom stereocenters. The second kappa shape index (κ2) is 10.9. The number of carbonyl (C=O) groups excluding carboxylic acids is 2. The van der Waals surface area contributed by atoms with Gasteiger partial charge >= 0.3 is 0 Å². The van der Waals surface area contributed by atoms with E-state index in [2.05, 4.69) is 0 Å². The van der Waals surface area contributed by atoms with Gasteiger partial charge in [-0.15, -0.1) is 0 Å². The van der Waals surface area contributed by atoms with Crippen molar-refractivity contribution in [1.82, 2.24) is 14.4 Å². The minimum absolute atomic E-state index is 0.0247. The molecule has 2 fully saturated rings. The highest BCUT2D eigenvalue weighted by Gasteiger charge is 2.35. The van der Waals surface area contributed by atoms with Crippen LogP contribution in [-0.2, 0) is 4.79 Å². The average molecular weight is 598 g/mol. The van der Waals surface area contributed by atoms with Crippen molar-refractivity contribution in [3.8, 4) is 17.2 Å². The lowest BCUT2D eigenvalue weighted by Crippen LogP contribution is -2.47. The molecule has 44 heavy (non-hydrogen) atoms. The number of fused-ring (bicyclic) bond motifs is 3. The van der Waals surface area contributed by atoms with Crippen LogP contribution in [0.25, 0.3) is 27.4 Å². The van der Waals surface area contributed by atoms with E-state index in [1.807, 2.05) is 55.1 Å². The maximum absolute atomic E-state index is 16.0. The zero-order valence-corrected chi connectivity index (χ0v) is 25.0. The summed E-state index contributed by atoms with van der Waals surface area (Å²) in [6.07, 6.45) is 3.64. The Balaban J connectivity index is 1.39. The van der Waals surface area contributed by atoms with Gasteiger partial charge in [0, 0.05) is 51.5 Å². The van der Waals surface area contributed by atoms with Gasteiger partial charge in [-0.3, -0.25) is 14.4 Å². The zero-order valence-electron chi connectivity index (χ0n) is 25.0. The average Bonchev–Trinajstić information content (AvgIpc) is 3.46. The quantitative estimate of drug-likeness (QED) is 0.317. The van der Waals surface area contributed by atoms with Crippen molar-refractivity contribution in [2.75, 3.05) is 44.2 Å². The van der Waals surface area contributed by atoms with E-state index in [4.69, 9.17) is 10.5 Å². The van der Waals surface area contributed by atoms with Crippen LogP contribution in [0.2, 0.25) is 0 Å². The molecule has 0 aliphatic carbocycles. The number of halogens is 1. The van der Waals surface area contributed by atoms with Gasteiger partial charge in [0.1, 0.15) is 16.8 Å². The van der Waals surface area contributed by atoms with Crippen LogP contribution in [0.4, 0.5) is 10.1 Å². The lowest BCUT2D eigenvalue weighted by Gasteiger charge is -2.35. The first-order valence-electron chi connectivity index (χ1n) is 15.5. The smallest absolute Gasteiger partial charge is 0.259 e. The molecule has 4 heterocycles. The van der Waals surface area contributed by atoms with Crippen LogP contribution in [0.15, 0.2) is 53.5 Å². The number of likely N-dealkylation sites (tertiary alicyclic amines) is 1. The molecule has 1 aromatic heterocycles. The van der Waals surface area contributed by atoms with Crippen molar-refractivity contribution in [2.45, 2.75) is 39.2 Å². The summed E-state index contributed by atoms with van der Waals surface area (Å²) in [6, 6.07) is 12.8. The summed E-state index contributed by atoms with van der Waals surface area (Å²) in [5.74, 6) is -0.608. The van der Waals surface area contributed by atoms with Crippen molar-refractivity contribution in [1.29, 1.82) is 0 Å². The summed E-state index contributed by atoms with van der Waals surface area (Å²) in [4.78, 5) is 46.5. The highest BCUT2D eigenvalue weighted by molar-refractivity contribution is 6.02. The lowest BCUT2D eigenvalue weighted by molar-refractivity contribution is -0.136. The molecule has 7 rings (SSSR count). The van der Waals surface area contributed by atoms with Crippen molar-refractivity contribution in [2.24, 2.45) is 11.7 Å². The Kier molecular flexibility index (Phi) is 7.04. The van der Waals surface area contributed by atoms with E-state index in [9.17, 15) is 14.4 Å². The molecule has 2 atom stereocenters. The molecule has 0 bridgehead atoms. The number of rotatable bonds is 5. The predicted molar refractivity (Wildman–Crippen MR) is 168 cm³/mol. The van der Waals surface area contributed by atoms with Gasteiger partial charge in [-0.05, 0) is 62.1 Å². The fourth-order valence-electron chi connectivity index (χ4n) is 7.05. The van der Waals surface area contributed by atoms with Crippen LogP contribution in [0.1, 0.15) is 43.5 Å². The molecular formula is C34H36FN5O4. The van der Waals surface area contributed by atoms with Gasteiger partial charge in [0.15, 0.2) is 17.3 Å². The molecule has 4 aromatic rings. The number of amides is 2. The maximum atomic E-state index is 16.0. The van der Waals surface area contributed by atoms with E-state index in [-0.39, 0.29) is 46.8 Å². The summed E-state index contributed by atoms with van der Waals surface area (Å²) >= 11 is 0. The minimum Gasteiger partial charge on any atom is -0.451 e. The van der Waals surface area contributed by atoms with Crippen LogP contribution < -0.4 is 20.8 Å². The fourth-order valence-corrected chi connectivity index (χ4v) is 7.05. The molecule has 3 aliphatic rings. The highest BCUT2D eigenvalue weighted by Crippen LogP contribution is 2.48. The lowest BCUT2D eigenvalue weighted by atomic mass is 9.95.